The van der Waals surface area contributed by atoms with E-state index in [-0.39, 0.29) is 49.2 Å². The van der Waals surface area contributed by atoms with Crippen LogP contribution in [0.2, 0.25) is 0 Å². The third-order valence-corrected chi connectivity index (χ3v) is 14.9. The Morgan fingerprint density at radius 3 is 2.22 bits per heavy atom. The summed E-state index contributed by atoms with van der Waals surface area (Å²) in [5.41, 5.74) is 1.41. The van der Waals surface area contributed by atoms with E-state index in [1.165, 1.54) is 12.0 Å². The van der Waals surface area contributed by atoms with Gasteiger partial charge in [-0.25, -0.2) is 4.79 Å². The highest BCUT2D eigenvalue weighted by molar-refractivity contribution is 6.39. The second kappa shape index (κ2) is 25.5. The minimum absolute atomic E-state index is 0.0359. The summed E-state index contributed by atoms with van der Waals surface area (Å²) in [4.78, 5) is 44.1. The van der Waals surface area contributed by atoms with Gasteiger partial charge < -0.3 is 54.1 Å². The molecule has 3 heterocycles. The van der Waals surface area contributed by atoms with E-state index < -0.39 is 90.2 Å². The fourth-order valence-corrected chi connectivity index (χ4v) is 10.4. The normalized spacial score (nSPS) is 42.7. The van der Waals surface area contributed by atoms with Gasteiger partial charge in [0.2, 0.25) is 5.79 Å². The molecule has 370 valence electrons. The van der Waals surface area contributed by atoms with Crippen LogP contribution in [0.4, 0.5) is 0 Å². The number of carbonyl (C=O) groups is 3. The number of ether oxygens (including phenoxy) is 5. The number of esters is 1. The summed E-state index contributed by atoms with van der Waals surface area (Å²) in [5, 5.41) is 57.2. The molecule has 0 spiro atoms. The van der Waals surface area contributed by atoms with E-state index in [2.05, 4.69) is 6.92 Å². The first-order chi connectivity index (χ1) is 30.7. The molecule has 17 atom stereocenters. The molecular weight excluding hydrogens is 835 g/mol. The highest BCUT2D eigenvalue weighted by Gasteiger charge is 2.53. The first-order valence-corrected chi connectivity index (χ1v) is 24.2. The van der Waals surface area contributed by atoms with Crippen molar-refractivity contribution >= 4 is 17.7 Å². The fourth-order valence-electron chi connectivity index (χ4n) is 10.4. The molecule has 3 fully saturated rings. The maximum atomic E-state index is 14.4. The van der Waals surface area contributed by atoms with Crippen LogP contribution in [0.5, 0.6) is 0 Å². The molecule has 14 nitrogen and oxygen atoms in total. The lowest BCUT2D eigenvalue weighted by Crippen LogP contribution is -2.61. The van der Waals surface area contributed by atoms with Crippen LogP contribution in [0.15, 0.2) is 47.6 Å². The van der Waals surface area contributed by atoms with Crippen molar-refractivity contribution in [3.05, 3.63) is 47.6 Å². The van der Waals surface area contributed by atoms with Gasteiger partial charge in [0.1, 0.15) is 24.4 Å². The number of hydrogen-bond donors (Lipinski definition) is 5. The number of rotatable bonds is 6. The number of methoxy groups -OCH3 is 3. The Morgan fingerprint density at radius 1 is 0.815 bits per heavy atom. The van der Waals surface area contributed by atoms with Crippen LogP contribution in [-0.4, -0.2) is 143 Å². The molecule has 2 unspecified atom stereocenters. The number of amides is 1. The monoisotopic (exact) mass is 918 g/mol. The number of Topliss-reactive ketones (excluding diaryl/α,β-unsaturated/α-hetero) is 1. The van der Waals surface area contributed by atoms with Gasteiger partial charge in [-0.15, -0.1) is 0 Å². The Labute approximate surface area is 388 Å². The van der Waals surface area contributed by atoms with Crippen LogP contribution >= 0.6 is 0 Å². The zero-order valence-corrected chi connectivity index (χ0v) is 40.8. The van der Waals surface area contributed by atoms with Gasteiger partial charge >= 0.3 is 5.97 Å². The standard InChI is InChI=1S/C51H83NO13/c1-30-16-12-11-13-17-31(2)42(61-8)28-38-21-19-36(7)51(60,65-38)48(57)49(58)52-23-15-14-18-39(52)50(59)64-43(33(4)26-37-20-22-40(53)44(27-37)62-9)29-41(54)32(3)25-35(6)46(56)47(63-10)45(55)34(5)24-30/h11-13,16-17,25,30,32-34,36-47,53-56,60H,14-15,18-24,26-29H2,1-10H3/b13-11+,16-12+,31-17+,35-25+/t30-,32-,33-,34-,36-,37+,38+,39?,40-,41+,42+,43+,44-,45?,46-,47+,51-/m1/s1. The number of fused-ring (bicyclic) bond motifs is 3. The van der Waals surface area contributed by atoms with E-state index >= 15 is 0 Å². The molecule has 65 heavy (non-hydrogen) atoms. The van der Waals surface area contributed by atoms with Gasteiger partial charge in [-0.2, -0.15) is 0 Å². The third-order valence-electron chi connectivity index (χ3n) is 14.9. The maximum Gasteiger partial charge on any atom is 0.329 e. The molecule has 14 heteroatoms. The Balaban J connectivity index is 1.70. The van der Waals surface area contributed by atoms with E-state index in [9.17, 15) is 39.9 Å². The molecule has 2 saturated heterocycles. The highest BCUT2D eigenvalue weighted by atomic mass is 16.6. The smallest absolute Gasteiger partial charge is 0.329 e. The lowest BCUT2D eigenvalue weighted by molar-refractivity contribution is -0.265. The Morgan fingerprint density at radius 2 is 1.54 bits per heavy atom. The second-order valence-electron chi connectivity index (χ2n) is 20.0. The molecule has 4 rings (SSSR count). The van der Waals surface area contributed by atoms with Gasteiger partial charge in [-0.05, 0) is 113 Å². The molecule has 3 aliphatic heterocycles. The van der Waals surface area contributed by atoms with Gasteiger partial charge in [0, 0.05) is 52.6 Å². The number of nitrogens with zero attached hydrogens (tertiary/aromatic N) is 1. The van der Waals surface area contributed by atoms with Gasteiger partial charge in [0.25, 0.3) is 11.7 Å². The number of aliphatic hydroxyl groups is 5. The summed E-state index contributed by atoms with van der Waals surface area (Å²) in [5.74, 6) is -6.69. The van der Waals surface area contributed by atoms with Crippen molar-refractivity contribution in [2.24, 2.45) is 35.5 Å². The predicted octanol–water partition coefficient (Wildman–Crippen LogP) is 5.76. The number of carbonyl (C=O) groups excluding carboxylic acids is 3. The zero-order valence-electron chi connectivity index (χ0n) is 40.8. The third kappa shape index (κ3) is 14.6. The summed E-state index contributed by atoms with van der Waals surface area (Å²) in [7, 11) is 4.63. The SMILES string of the molecule is CO[C@H]1C[C@@H]2CC[C@@H](C)[C@@](O)(O2)C(=O)C(=O)N2CCCCC2C(=O)O[C@H]([C@H](C)C[C@@H]2CC[C@@H](O)[C@H](OC)C2)C[C@H](O)[C@H](C)/C=C(\C)[C@@H](O)[C@@H](OC)C(O)[C@H](C)C[C@H](C)/C=C/C=C/C=C/1C. The molecule has 0 radical (unpaired) electrons. The van der Waals surface area contributed by atoms with E-state index in [0.717, 1.165) is 12.0 Å². The van der Waals surface area contributed by atoms with Crippen LogP contribution in [0, 0.1) is 35.5 Å². The summed E-state index contributed by atoms with van der Waals surface area (Å²) in [6.07, 6.45) is 10.6. The quantitative estimate of drug-likeness (QED) is 0.122. The second-order valence-corrected chi connectivity index (χ2v) is 20.0. The maximum absolute atomic E-state index is 14.4. The van der Waals surface area contributed by atoms with Gasteiger partial charge in [0.05, 0.1) is 36.6 Å². The van der Waals surface area contributed by atoms with Crippen LogP contribution in [0.1, 0.15) is 126 Å². The zero-order chi connectivity index (χ0) is 48.2. The highest BCUT2D eigenvalue weighted by Crippen LogP contribution is 2.38. The van der Waals surface area contributed by atoms with E-state index in [4.69, 9.17) is 23.7 Å². The lowest BCUT2D eigenvalue weighted by Gasteiger charge is -2.43. The van der Waals surface area contributed by atoms with Gasteiger partial charge in [-0.3, -0.25) is 9.59 Å². The number of allylic oxidation sites excluding steroid dienone is 5. The average Bonchev–Trinajstić information content (AvgIpc) is 3.28. The number of ketones is 1. The molecule has 2 bridgehead atoms. The molecule has 4 aliphatic rings. The van der Waals surface area contributed by atoms with Crippen LogP contribution in [0.25, 0.3) is 0 Å². The molecule has 0 aromatic rings. The number of aliphatic hydroxyl groups excluding tert-OH is 4. The van der Waals surface area contributed by atoms with Crippen molar-refractivity contribution in [2.75, 3.05) is 27.9 Å². The molecule has 0 aromatic carbocycles. The number of cyclic esters (lactones) is 1. The number of piperidine rings is 1. The molecule has 1 saturated carbocycles. The van der Waals surface area contributed by atoms with Gasteiger partial charge in [-0.1, -0.05) is 71.1 Å². The molecule has 1 amide bonds. The van der Waals surface area contributed by atoms with E-state index in [0.29, 0.717) is 63.4 Å². The summed E-state index contributed by atoms with van der Waals surface area (Å²) >= 11 is 0. The minimum atomic E-state index is -2.41. The molecule has 1 aliphatic carbocycles. The summed E-state index contributed by atoms with van der Waals surface area (Å²) in [6, 6.07) is -1.10. The van der Waals surface area contributed by atoms with Crippen molar-refractivity contribution in [3.8, 4) is 0 Å². The molecule has 0 aromatic heterocycles. The van der Waals surface area contributed by atoms with Crippen LogP contribution in [-0.2, 0) is 38.1 Å². The number of hydrogen-bond acceptors (Lipinski definition) is 13. The Bertz CT molecular complexity index is 1660. The van der Waals surface area contributed by atoms with Crippen molar-refractivity contribution in [1.82, 2.24) is 4.90 Å². The van der Waals surface area contributed by atoms with Crippen molar-refractivity contribution in [1.29, 1.82) is 0 Å². The van der Waals surface area contributed by atoms with E-state index in [1.807, 2.05) is 58.1 Å². The van der Waals surface area contributed by atoms with E-state index in [1.54, 1.807) is 34.1 Å². The van der Waals surface area contributed by atoms with Crippen molar-refractivity contribution in [3.63, 3.8) is 0 Å². The first-order valence-electron chi connectivity index (χ1n) is 24.2. The van der Waals surface area contributed by atoms with Crippen molar-refractivity contribution in [2.45, 2.75) is 192 Å². The van der Waals surface area contributed by atoms with Crippen LogP contribution in [0.3, 0.4) is 0 Å². The predicted molar refractivity (Wildman–Crippen MR) is 247 cm³/mol. The van der Waals surface area contributed by atoms with Gasteiger partial charge in [0.15, 0.2) is 0 Å². The average molecular weight is 918 g/mol. The Hall–Kier alpha value is -2.79. The fraction of sp³-hybridized carbons (Fsp3) is 0.784. The van der Waals surface area contributed by atoms with Crippen LogP contribution < -0.4 is 0 Å². The topological polar surface area (TPSA) is 202 Å². The summed E-state index contributed by atoms with van der Waals surface area (Å²) < 4.78 is 29.6. The van der Waals surface area contributed by atoms with Crippen molar-refractivity contribution < 1.29 is 63.6 Å². The first kappa shape index (κ1) is 54.8. The summed E-state index contributed by atoms with van der Waals surface area (Å²) in [6.45, 7) is 13.2. The largest absolute Gasteiger partial charge is 0.460 e. The lowest BCUT2D eigenvalue weighted by atomic mass is 9.78. The Kier molecular flexibility index (Phi) is 21.5. The molecular formula is C51H83NO13. The molecule has 5 N–H and O–H groups in total. The minimum Gasteiger partial charge on any atom is -0.460 e.